The number of nitrogens with zero attached hydrogens (tertiary/aromatic N) is 2. The van der Waals surface area contributed by atoms with E-state index in [-0.39, 0.29) is 5.56 Å². The number of aliphatic carboxylic acids is 1. The molecule has 1 heterocycles. The number of aromatic nitrogens is 2. The fourth-order valence-electron chi connectivity index (χ4n) is 2.20. The summed E-state index contributed by atoms with van der Waals surface area (Å²) in [7, 11) is 0. The van der Waals surface area contributed by atoms with Gasteiger partial charge >= 0.3 is 5.97 Å². The van der Waals surface area contributed by atoms with Gasteiger partial charge in [-0.15, -0.1) is 0 Å². The Morgan fingerprint density at radius 1 is 1.26 bits per heavy atom. The summed E-state index contributed by atoms with van der Waals surface area (Å²) in [5.74, 6) is -0.981. The number of hydrogen-bond donors (Lipinski definition) is 2. The molecule has 0 radical (unpaired) electrons. The number of benzene rings is 1. The van der Waals surface area contributed by atoms with Crippen molar-refractivity contribution in [2.24, 2.45) is 0 Å². The summed E-state index contributed by atoms with van der Waals surface area (Å²) in [5.41, 5.74) is 1.65. The summed E-state index contributed by atoms with van der Waals surface area (Å²) in [6.07, 6.45) is 2.48. The van der Waals surface area contributed by atoms with Crippen molar-refractivity contribution in [2.75, 3.05) is 0 Å². The Bertz CT molecular complexity index is 701. The molecule has 1 aromatic carbocycles. The summed E-state index contributed by atoms with van der Waals surface area (Å²) in [4.78, 5) is 31.9. The van der Waals surface area contributed by atoms with Gasteiger partial charge in [-0.3, -0.25) is 4.79 Å². The number of carboxylic acid groups (broad SMARTS) is 1. The van der Waals surface area contributed by atoms with E-state index in [0.717, 1.165) is 5.56 Å². The third-order valence-corrected chi connectivity index (χ3v) is 3.44. The molecule has 0 aliphatic heterocycles. The molecule has 0 fully saturated rings. The van der Waals surface area contributed by atoms with Crippen LogP contribution in [0.5, 0.6) is 0 Å². The van der Waals surface area contributed by atoms with E-state index < -0.39 is 17.9 Å². The maximum absolute atomic E-state index is 12.2. The fourth-order valence-corrected chi connectivity index (χ4v) is 2.20. The number of carbonyl (C=O) groups is 2. The topological polar surface area (TPSA) is 92.2 Å². The average molecular weight is 313 g/mol. The molecule has 2 N–H and O–H groups in total. The van der Waals surface area contributed by atoms with E-state index in [1.54, 1.807) is 6.92 Å². The van der Waals surface area contributed by atoms with Crippen LogP contribution >= 0.6 is 0 Å². The van der Waals surface area contributed by atoms with Crippen molar-refractivity contribution in [3.63, 3.8) is 0 Å². The summed E-state index contributed by atoms with van der Waals surface area (Å²) in [6.45, 7) is 3.57. The van der Waals surface area contributed by atoms with Gasteiger partial charge in [-0.2, -0.15) is 0 Å². The minimum atomic E-state index is -1.04. The lowest BCUT2D eigenvalue weighted by atomic mass is 10.1. The molecular weight excluding hydrogens is 294 g/mol. The molecule has 120 valence electrons. The molecule has 2 aromatic rings. The Morgan fingerprint density at radius 3 is 2.52 bits per heavy atom. The second-order valence-corrected chi connectivity index (χ2v) is 5.21. The lowest BCUT2D eigenvalue weighted by molar-refractivity contribution is -0.139. The summed E-state index contributed by atoms with van der Waals surface area (Å²) in [5, 5.41) is 11.6. The van der Waals surface area contributed by atoms with Crippen molar-refractivity contribution in [1.29, 1.82) is 0 Å². The van der Waals surface area contributed by atoms with Crippen LogP contribution in [0.1, 0.15) is 35.8 Å². The van der Waals surface area contributed by atoms with Crippen LogP contribution in [0, 0.1) is 6.92 Å². The first-order valence-corrected chi connectivity index (χ1v) is 7.45. The van der Waals surface area contributed by atoms with Crippen LogP contribution < -0.4 is 5.32 Å². The van der Waals surface area contributed by atoms with Crippen molar-refractivity contribution < 1.29 is 14.7 Å². The molecule has 1 atom stereocenters. The van der Waals surface area contributed by atoms with E-state index >= 15 is 0 Å². The monoisotopic (exact) mass is 313 g/mol. The Balaban J connectivity index is 2.20. The van der Waals surface area contributed by atoms with Gasteiger partial charge in [0.25, 0.3) is 5.91 Å². The first kappa shape index (κ1) is 16.6. The second-order valence-electron chi connectivity index (χ2n) is 5.21. The number of carbonyl (C=O) groups excluding carboxylic acids is 1. The van der Waals surface area contributed by atoms with E-state index in [0.29, 0.717) is 24.4 Å². The van der Waals surface area contributed by atoms with Crippen molar-refractivity contribution >= 4 is 11.9 Å². The lowest BCUT2D eigenvalue weighted by Gasteiger charge is -2.14. The van der Waals surface area contributed by atoms with Crippen LogP contribution in [-0.4, -0.2) is 33.0 Å². The first-order chi connectivity index (χ1) is 11.0. The molecule has 0 aliphatic rings. The largest absolute Gasteiger partial charge is 0.480 e. The maximum atomic E-state index is 12.2. The van der Waals surface area contributed by atoms with Gasteiger partial charge < -0.3 is 10.4 Å². The van der Waals surface area contributed by atoms with E-state index in [1.807, 2.05) is 37.3 Å². The van der Waals surface area contributed by atoms with Gasteiger partial charge in [-0.1, -0.05) is 43.7 Å². The SMILES string of the molecule is CCCC(NC(=O)c1cnc(-c2ccccc2)nc1C)C(=O)O. The van der Waals surface area contributed by atoms with Crippen molar-refractivity contribution in [1.82, 2.24) is 15.3 Å². The molecule has 6 nitrogen and oxygen atoms in total. The van der Waals surface area contributed by atoms with E-state index in [1.165, 1.54) is 6.20 Å². The first-order valence-electron chi connectivity index (χ1n) is 7.45. The van der Waals surface area contributed by atoms with Crippen LogP contribution in [-0.2, 0) is 4.79 Å². The van der Waals surface area contributed by atoms with Gasteiger partial charge in [0.2, 0.25) is 0 Å². The molecule has 0 spiro atoms. The lowest BCUT2D eigenvalue weighted by Crippen LogP contribution is -2.41. The number of nitrogens with one attached hydrogen (secondary N) is 1. The quantitative estimate of drug-likeness (QED) is 0.854. The highest BCUT2D eigenvalue weighted by Crippen LogP contribution is 2.15. The molecular formula is C17H19N3O3. The van der Waals surface area contributed by atoms with Crippen LogP contribution in [0.2, 0.25) is 0 Å². The highest BCUT2D eigenvalue weighted by molar-refractivity contribution is 5.97. The Kier molecular flexibility index (Phi) is 5.41. The average Bonchev–Trinajstić information content (AvgIpc) is 2.55. The zero-order valence-electron chi connectivity index (χ0n) is 13.1. The smallest absolute Gasteiger partial charge is 0.326 e. The summed E-state index contributed by atoms with van der Waals surface area (Å²) >= 11 is 0. The summed E-state index contributed by atoms with van der Waals surface area (Å²) in [6, 6.07) is 8.54. The standard InChI is InChI=1S/C17H19N3O3/c1-3-7-14(17(22)23)20-16(21)13-10-18-15(19-11(13)2)12-8-5-4-6-9-12/h4-6,8-10,14H,3,7H2,1-2H3,(H,20,21)(H,22,23). The van der Waals surface area contributed by atoms with Gasteiger partial charge in [0, 0.05) is 11.8 Å². The highest BCUT2D eigenvalue weighted by atomic mass is 16.4. The van der Waals surface area contributed by atoms with Gasteiger partial charge in [0.1, 0.15) is 6.04 Å². The molecule has 0 aliphatic carbocycles. The predicted octanol–water partition coefficient (Wildman–Crippen LogP) is 2.44. The molecule has 1 amide bonds. The van der Waals surface area contributed by atoms with Gasteiger partial charge in [0.15, 0.2) is 5.82 Å². The fraction of sp³-hybridized carbons (Fsp3) is 0.294. The Morgan fingerprint density at radius 2 is 1.96 bits per heavy atom. The van der Waals surface area contributed by atoms with Gasteiger partial charge in [-0.05, 0) is 13.3 Å². The van der Waals surface area contributed by atoms with E-state index in [2.05, 4.69) is 15.3 Å². The van der Waals surface area contributed by atoms with Gasteiger partial charge in [0.05, 0.1) is 11.3 Å². The Labute approximate surface area is 134 Å². The van der Waals surface area contributed by atoms with E-state index in [4.69, 9.17) is 5.11 Å². The minimum Gasteiger partial charge on any atom is -0.480 e. The summed E-state index contributed by atoms with van der Waals surface area (Å²) < 4.78 is 0. The maximum Gasteiger partial charge on any atom is 0.326 e. The molecule has 1 unspecified atom stereocenters. The van der Waals surface area contributed by atoms with Gasteiger partial charge in [-0.25, -0.2) is 14.8 Å². The minimum absolute atomic E-state index is 0.284. The molecule has 0 saturated heterocycles. The number of hydrogen-bond acceptors (Lipinski definition) is 4. The van der Waals surface area contributed by atoms with Crippen molar-refractivity contribution in [3.8, 4) is 11.4 Å². The second kappa shape index (κ2) is 7.49. The predicted molar refractivity (Wildman–Crippen MR) is 86.0 cm³/mol. The molecule has 23 heavy (non-hydrogen) atoms. The normalized spacial score (nSPS) is 11.7. The number of aryl methyl sites for hydroxylation is 1. The van der Waals surface area contributed by atoms with Crippen LogP contribution in [0.25, 0.3) is 11.4 Å². The van der Waals surface area contributed by atoms with Crippen molar-refractivity contribution in [2.45, 2.75) is 32.7 Å². The number of carboxylic acids is 1. The molecule has 6 heteroatoms. The highest BCUT2D eigenvalue weighted by Gasteiger charge is 2.21. The zero-order chi connectivity index (χ0) is 16.8. The molecule has 1 aromatic heterocycles. The number of amides is 1. The van der Waals surface area contributed by atoms with Crippen LogP contribution in [0.3, 0.4) is 0 Å². The third kappa shape index (κ3) is 4.12. The van der Waals surface area contributed by atoms with Crippen molar-refractivity contribution in [3.05, 3.63) is 47.8 Å². The molecule has 0 saturated carbocycles. The molecule has 0 bridgehead atoms. The molecule has 2 rings (SSSR count). The zero-order valence-corrected chi connectivity index (χ0v) is 13.1. The Hall–Kier alpha value is -2.76. The van der Waals surface area contributed by atoms with Crippen LogP contribution in [0.15, 0.2) is 36.5 Å². The van der Waals surface area contributed by atoms with Crippen LogP contribution in [0.4, 0.5) is 0 Å². The number of rotatable bonds is 6. The third-order valence-electron chi connectivity index (χ3n) is 3.44. The van der Waals surface area contributed by atoms with E-state index in [9.17, 15) is 9.59 Å².